The number of hydrogen-bond donors (Lipinski definition) is 2. The van der Waals surface area contributed by atoms with Crippen LogP contribution in [0.4, 0.5) is 5.69 Å². The molecule has 128 valence electrons. The van der Waals surface area contributed by atoms with Crippen LogP contribution in [0.25, 0.3) is 0 Å². The van der Waals surface area contributed by atoms with Crippen molar-refractivity contribution in [2.75, 3.05) is 11.9 Å². The average molecular weight is 359 g/mol. The van der Waals surface area contributed by atoms with Gasteiger partial charge >= 0.3 is 0 Å². The SMILES string of the molecule is Cc1ccc(NC(=O)C2(N)C3CCCOC3C2(C)C)cc1Cl.Cl. The molecule has 1 saturated carbocycles. The lowest BCUT2D eigenvalue weighted by Gasteiger charge is -2.65. The molecule has 1 aromatic carbocycles. The monoisotopic (exact) mass is 358 g/mol. The van der Waals surface area contributed by atoms with Gasteiger partial charge in [-0.15, -0.1) is 12.4 Å². The van der Waals surface area contributed by atoms with Gasteiger partial charge < -0.3 is 15.8 Å². The molecule has 0 radical (unpaired) electrons. The quantitative estimate of drug-likeness (QED) is 0.849. The van der Waals surface area contributed by atoms with Gasteiger partial charge in [-0.1, -0.05) is 31.5 Å². The van der Waals surface area contributed by atoms with Crippen molar-refractivity contribution in [3.8, 4) is 0 Å². The summed E-state index contributed by atoms with van der Waals surface area (Å²) in [6.07, 6.45) is 1.96. The van der Waals surface area contributed by atoms with E-state index in [0.717, 1.165) is 25.0 Å². The number of fused-ring (bicyclic) bond motifs is 1. The van der Waals surface area contributed by atoms with Gasteiger partial charge in [0.1, 0.15) is 5.54 Å². The number of anilines is 1. The molecule has 1 amide bonds. The Hall–Kier alpha value is -0.810. The molecule has 3 atom stereocenters. The third-order valence-electron chi connectivity index (χ3n) is 5.49. The molecule has 0 spiro atoms. The first-order valence-electron chi connectivity index (χ1n) is 7.76. The average Bonchev–Trinajstić information content (AvgIpc) is 2.50. The minimum atomic E-state index is -0.907. The summed E-state index contributed by atoms with van der Waals surface area (Å²) in [4.78, 5) is 12.8. The maximum absolute atomic E-state index is 12.8. The zero-order valence-corrected chi connectivity index (χ0v) is 15.3. The molecule has 0 aromatic heterocycles. The van der Waals surface area contributed by atoms with E-state index in [-0.39, 0.29) is 35.8 Å². The van der Waals surface area contributed by atoms with Crippen LogP contribution in [-0.2, 0) is 9.53 Å². The Labute approximate surface area is 148 Å². The van der Waals surface area contributed by atoms with Crippen LogP contribution >= 0.6 is 24.0 Å². The lowest BCUT2D eigenvalue weighted by Crippen LogP contribution is -2.81. The molecule has 1 aliphatic carbocycles. The van der Waals surface area contributed by atoms with Gasteiger partial charge in [0, 0.05) is 28.6 Å². The Morgan fingerprint density at radius 2 is 2.13 bits per heavy atom. The smallest absolute Gasteiger partial charge is 0.245 e. The topological polar surface area (TPSA) is 64.4 Å². The minimum Gasteiger partial charge on any atom is -0.377 e. The van der Waals surface area contributed by atoms with Gasteiger partial charge in [-0.3, -0.25) is 4.79 Å². The second kappa shape index (κ2) is 6.25. The molecule has 1 heterocycles. The normalized spacial score (nSPS) is 31.3. The lowest BCUT2D eigenvalue weighted by molar-refractivity contribution is -0.222. The second-order valence-electron chi connectivity index (χ2n) is 7.05. The van der Waals surface area contributed by atoms with Crippen LogP contribution in [0.5, 0.6) is 0 Å². The van der Waals surface area contributed by atoms with Crippen molar-refractivity contribution in [3.63, 3.8) is 0 Å². The zero-order chi connectivity index (χ0) is 16.1. The highest BCUT2D eigenvalue weighted by Crippen LogP contribution is 2.57. The van der Waals surface area contributed by atoms with E-state index >= 15 is 0 Å². The Morgan fingerprint density at radius 3 is 2.78 bits per heavy atom. The Morgan fingerprint density at radius 1 is 1.43 bits per heavy atom. The number of rotatable bonds is 2. The molecule has 2 aliphatic rings. The van der Waals surface area contributed by atoms with Gasteiger partial charge in [0.15, 0.2) is 0 Å². The molecule has 0 bridgehead atoms. The van der Waals surface area contributed by atoms with E-state index in [1.54, 1.807) is 6.07 Å². The number of carbonyl (C=O) groups is 1. The number of halogens is 2. The molecule has 3 rings (SSSR count). The van der Waals surface area contributed by atoms with Crippen LogP contribution in [0.2, 0.25) is 5.02 Å². The van der Waals surface area contributed by atoms with Crippen LogP contribution in [0.1, 0.15) is 32.3 Å². The van der Waals surface area contributed by atoms with Crippen molar-refractivity contribution in [1.82, 2.24) is 0 Å². The molecule has 6 heteroatoms. The van der Waals surface area contributed by atoms with Gasteiger partial charge in [-0.25, -0.2) is 0 Å². The predicted octanol–water partition coefficient (Wildman–Crippen LogP) is 3.54. The highest BCUT2D eigenvalue weighted by atomic mass is 35.5. The zero-order valence-electron chi connectivity index (χ0n) is 13.7. The molecule has 23 heavy (non-hydrogen) atoms. The first-order valence-corrected chi connectivity index (χ1v) is 8.14. The summed E-state index contributed by atoms with van der Waals surface area (Å²) >= 11 is 6.12. The van der Waals surface area contributed by atoms with Crippen LogP contribution in [0.15, 0.2) is 18.2 Å². The number of aryl methyl sites for hydroxylation is 1. The van der Waals surface area contributed by atoms with E-state index < -0.39 is 5.54 Å². The van der Waals surface area contributed by atoms with E-state index in [4.69, 9.17) is 22.1 Å². The fourth-order valence-electron chi connectivity index (χ4n) is 3.94. The van der Waals surface area contributed by atoms with Crippen molar-refractivity contribution in [1.29, 1.82) is 0 Å². The summed E-state index contributed by atoms with van der Waals surface area (Å²) in [5, 5.41) is 3.57. The number of ether oxygens (including phenoxy) is 1. The second-order valence-corrected chi connectivity index (χ2v) is 7.46. The molecule has 1 aromatic rings. The molecule has 1 aliphatic heterocycles. The van der Waals surface area contributed by atoms with E-state index in [0.29, 0.717) is 10.7 Å². The highest BCUT2D eigenvalue weighted by Gasteiger charge is 2.70. The highest BCUT2D eigenvalue weighted by molar-refractivity contribution is 6.31. The molecule has 3 N–H and O–H groups in total. The summed E-state index contributed by atoms with van der Waals surface area (Å²) in [6.45, 7) is 6.72. The fraction of sp³-hybridized carbons (Fsp3) is 0.588. The van der Waals surface area contributed by atoms with Crippen LogP contribution in [0, 0.1) is 18.3 Å². The lowest BCUT2D eigenvalue weighted by atomic mass is 9.46. The summed E-state index contributed by atoms with van der Waals surface area (Å²) < 4.78 is 5.84. The fourth-order valence-corrected chi connectivity index (χ4v) is 4.12. The van der Waals surface area contributed by atoms with Crippen molar-refractivity contribution >= 4 is 35.6 Å². The van der Waals surface area contributed by atoms with Crippen molar-refractivity contribution < 1.29 is 9.53 Å². The van der Waals surface area contributed by atoms with Crippen molar-refractivity contribution in [3.05, 3.63) is 28.8 Å². The third-order valence-corrected chi connectivity index (χ3v) is 5.90. The Bertz CT molecular complexity index is 621. The van der Waals surface area contributed by atoms with Crippen LogP contribution in [0.3, 0.4) is 0 Å². The summed E-state index contributed by atoms with van der Waals surface area (Å²) in [7, 11) is 0. The Balaban J connectivity index is 0.00000192. The van der Waals surface area contributed by atoms with E-state index in [2.05, 4.69) is 5.32 Å². The minimum absolute atomic E-state index is 0. The van der Waals surface area contributed by atoms with Gasteiger partial charge in [-0.05, 0) is 37.5 Å². The molecular formula is C17H24Cl2N2O2. The van der Waals surface area contributed by atoms with Gasteiger partial charge in [-0.2, -0.15) is 0 Å². The van der Waals surface area contributed by atoms with Crippen molar-refractivity contribution in [2.24, 2.45) is 17.1 Å². The van der Waals surface area contributed by atoms with Gasteiger partial charge in [0.05, 0.1) is 6.10 Å². The third kappa shape index (κ3) is 2.66. The summed E-state index contributed by atoms with van der Waals surface area (Å²) in [6, 6.07) is 5.50. The van der Waals surface area contributed by atoms with E-state index in [1.165, 1.54) is 0 Å². The van der Waals surface area contributed by atoms with E-state index in [1.807, 2.05) is 32.9 Å². The maximum Gasteiger partial charge on any atom is 0.245 e. The predicted molar refractivity (Wildman–Crippen MR) is 95.2 cm³/mol. The number of nitrogens with two attached hydrogens (primary N) is 1. The van der Waals surface area contributed by atoms with Crippen molar-refractivity contribution in [2.45, 2.75) is 45.3 Å². The molecule has 1 saturated heterocycles. The number of benzene rings is 1. The van der Waals surface area contributed by atoms with Gasteiger partial charge in [0.25, 0.3) is 0 Å². The molecular weight excluding hydrogens is 335 g/mol. The summed E-state index contributed by atoms with van der Waals surface area (Å²) in [5.41, 5.74) is 6.94. The molecule has 3 unspecified atom stereocenters. The number of carbonyl (C=O) groups excluding carboxylic acids is 1. The van der Waals surface area contributed by atoms with Crippen LogP contribution in [-0.4, -0.2) is 24.2 Å². The number of hydrogen-bond acceptors (Lipinski definition) is 3. The van der Waals surface area contributed by atoms with Crippen LogP contribution < -0.4 is 11.1 Å². The Kier molecular flexibility index (Phi) is 5.03. The number of nitrogens with one attached hydrogen (secondary N) is 1. The molecule has 4 nitrogen and oxygen atoms in total. The van der Waals surface area contributed by atoms with E-state index in [9.17, 15) is 4.79 Å². The summed E-state index contributed by atoms with van der Waals surface area (Å²) in [5.74, 6) is -0.0682. The number of amides is 1. The van der Waals surface area contributed by atoms with Gasteiger partial charge in [0.2, 0.25) is 5.91 Å². The first-order chi connectivity index (χ1) is 10.3. The largest absolute Gasteiger partial charge is 0.377 e. The molecule has 2 fully saturated rings. The first kappa shape index (κ1) is 18.5. The maximum atomic E-state index is 12.8. The standard InChI is InChI=1S/C17H23ClN2O2.ClH/c1-10-6-7-11(9-13(10)18)20-15(21)17(19)12-5-4-8-22-14(12)16(17,2)3;/h6-7,9,12,14H,4-5,8,19H2,1-3H3,(H,20,21);1H.